The van der Waals surface area contributed by atoms with Gasteiger partial charge in [-0.3, -0.25) is 19.2 Å². The van der Waals surface area contributed by atoms with E-state index in [1.807, 2.05) is 0 Å². The third-order valence-electron chi connectivity index (χ3n) is 5.32. The number of nitrogens with two attached hydrogens (primary N) is 1. The summed E-state index contributed by atoms with van der Waals surface area (Å²) in [6.07, 6.45) is 0. The van der Waals surface area contributed by atoms with Crippen molar-refractivity contribution in [2.75, 3.05) is 83.4 Å². The van der Waals surface area contributed by atoms with E-state index in [1.54, 1.807) is 42.5 Å². The molecule has 39 heavy (non-hydrogen) atoms. The molecule has 2 aromatic carbocycles. The second-order valence-electron chi connectivity index (χ2n) is 7.91. The van der Waals surface area contributed by atoms with Crippen LogP contribution in [-0.2, 0) is 38.1 Å². The first-order valence-electron chi connectivity index (χ1n) is 11.7. The number of rotatable bonds is 15. The van der Waals surface area contributed by atoms with Crippen LogP contribution in [0.1, 0.15) is 0 Å². The summed E-state index contributed by atoms with van der Waals surface area (Å²) in [4.78, 5) is 50.7. The molecule has 0 fully saturated rings. The van der Waals surface area contributed by atoms with Gasteiger partial charge < -0.3 is 44.0 Å². The SMILES string of the molecule is COC(=O)CN(CC(=O)OC)c1ccccc1OCCOc1cc(N)ccc1N(CC(=O)OC)CC(=O)OC. The number of methoxy groups -OCH3 is 4. The lowest BCUT2D eigenvalue weighted by Crippen LogP contribution is -2.36. The number of hydrogen-bond acceptors (Lipinski definition) is 13. The van der Waals surface area contributed by atoms with Crippen LogP contribution in [0.3, 0.4) is 0 Å². The highest BCUT2D eigenvalue weighted by Gasteiger charge is 2.21. The summed E-state index contributed by atoms with van der Waals surface area (Å²) < 4.78 is 30.8. The molecule has 0 unspecified atom stereocenters. The molecule has 2 rings (SSSR count). The molecule has 0 atom stereocenters. The third kappa shape index (κ3) is 9.61. The van der Waals surface area contributed by atoms with Crippen LogP contribution in [-0.4, -0.2) is 91.7 Å². The largest absolute Gasteiger partial charge is 0.488 e. The number of carbonyl (C=O) groups excluding carboxylic acids is 4. The lowest BCUT2D eigenvalue weighted by molar-refractivity contribution is -0.141. The quantitative estimate of drug-likeness (QED) is 0.146. The summed E-state index contributed by atoms with van der Waals surface area (Å²) in [5.41, 5.74) is 7.23. The molecule has 0 heterocycles. The van der Waals surface area contributed by atoms with E-state index in [0.29, 0.717) is 28.6 Å². The Balaban J connectivity index is 2.18. The fourth-order valence-corrected chi connectivity index (χ4v) is 3.39. The zero-order valence-electron chi connectivity index (χ0n) is 22.3. The van der Waals surface area contributed by atoms with E-state index < -0.39 is 23.9 Å². The zero-order valence-corrected chi connectivity index (χ0v) is 22.3. The molecule has 0 radical (unpaired) electrons. The molecule has 0 aliphatic heterocycles. The fraction of sp³-hybridized carbons (Fsp3) is 0.385. The summed E-state index contributed by atoms with van der Waals surface area (Å²) in [5, 5.41) is 0. The maximum Gasteiger partial charge on any atom is 0.325 e. The Hall–Kier alpha value is -4.68. The minimum Gasteiger partial charge on any atom is -0.488 e. The van der Waals surface area contributed by atoms with Gasteiger partial charge in [-0.05, 0) is 24.3 Å². The van der Waals surface area contributed by atoms with Crippen molar-refractivity contribution in [2.45, 2.75) is 0 Å². The van der Waals surface area contributed by atoms with Crippen LogP contribution in [0, 0.1) is 0 Å². The summed E-state index contributed by atoms with van der Waals surface area (Å²) in [7, 11) is 4.98. The highest BCUT2D eigenvalue weighted by atomic mass is 16.5. The molecule has 13 nitrogen and oxygen atoms in total. The Morgan fingerprint density at radius 3 is 1.49 bits per heavy atom. The lowest BCUT2D eigenvalue weighted by atomic mass is 10.2. The molecule has 212 valence electrons. The number of nitrogen functional groups attached to an aromatic ring is 1. The van der Waals surface area contributed by atoms with Gasteiger partial charge in [0, 0.05) is 11.8 Å². The number of nitrogens with zero attached hydrogens (tertiary/aromatic N) is 2. The van der Waals surface area contributed by atoms with Crippen LogP contribution < -0.4 is 25.0 Å². The van der Waals surface area contributed by atoms with E-state index in [9.17, 15) is 19.2 Å². The predicted molar refractivity (Wildman–Crippen MR) is 141 cm³/mol. The Morgan fingerprint density at radius 2 is 1.03 bits per heavy atom. The number of carbonyl (C=O) groups is 4. The van der Waals surface area contributed by atoms with Gasteiger partial charge in [-0.2, -0.15) is 0 Å². The van der Waals surface area contributed by atoms with E-state index in [4.69, 9.17) is 34.2 Å². The lowest BCUT2D eigenvalue weighted by Gasteiger charge is -2.25. The van der Waals surface area contributed by atoms with Crippen molar-refractivity contribution >= 4 is 40.9 Å². The van der Waals surface area contributed by atoms with Gasteiger partial charge >= 0.3 is 23.9 Å². The highest BCUT2D eigenvalue weighted by molar-refractivity contribution is 5.83. The molecule has 0 amide bonds. The molecule has 0 aliphatic rings. The van der Waals surface area contributed by atoms with Crippen LogP contribution >= 0.6 is 0 Å². The van der Waals surface area contributed by atoms with Gasteiger partial charge in [0.25, 0.3) is 0 Å². The van der Waals surface area contributed by atoms with Gasteiger partial charge in [0.1, 0.15) is 50.9 Å². The topological polar surface area (TPSA) is 156 Å². The number of ether oxygens (including phenoxy) is 6. The standard InChI is InChI=1S/C26H33N3O10/c1-34-23(30)14-28(15-24(31)35-2)19-7-5-6-8-21(19)38-11-12-39-22-13-18(27)9-10-20(22)29(16-25(32)36-3)17-26(33)37-4/h5-10,13H,11-12,14-17,27H2,1-4H3. The molecule has 2 aromatic rings. The van der Waals surface area contributed by atoms with E-state index in [-0.39, 0.29) is 39.4 Å². The molecule has 0 spiro atoms. The van der Waals surface area contributed by atoms with Crippen LogP contribution in [0.4, 0.5) is 17.1 Å². The van der Waals surface area contributed by atoms with Crippen molar-refractivity contribution in [3.8, 4) is 11.5 Å². The number of para-hydroxylation sites is 2. The molecule has 0 saturated heterocycles. The second-order valence-corrected chi connectivity index (χ2v) is 7.91. The van der Waals surface area contributed by atoms with Crippen LogP contribution in [0.15, 0.2) is 42.5 Å². The summed E-state index contributed by atoms with van der Waals surface area (Å²) in [5.74, 6) is -1.53. The Morgan fingerprint density at radius 1 is 0.615 bits per heavy atom. The molecule has 13 heteroatoms. The molecular weight excluding hydrogens is 514 g/mol. The van der Waals surface area contributed by atoms with Gasteiger partial charge in [-0.1, -0.05) is 12.1 Å². The first-order chi connectivity index (χ1) is 18.7. The average Bonchev–Trinajstić information content (AvgIpc) is 2.94. The number of benzene rings is 2. The van der Waals surface area contributed by atoms with Crippen molar-refractivity contribution in [2.24, 2.45) is 0 Å². The Labute approximate surface area is 226 Å². The molecule has 0 saturated carbocycles. The third-order valence-corrected chi connectivity index (χ3v) is 5.32. The normalized spacial score (nSPS) is 10.2. The van der Waals surface area contributed by atoms with Crippen molar-refractivity contribution in [3.05, 3.63) is 42.5 Å². The highest BCUT2D eigenvalue weighted by Crippen LogP contribution is 2.31. The first-order valence-corrected chi connectivity index (χ1v) is 11.7. The van der Waals surface area contributed by atoms with Gasteiger partial charge in [-0.15, -0.1) is 0 Å². The van der Waals surface area contributed by atoms with Crippen LogP contribution in [0.25, 0.3) is 0 Å². The number of anilines is 3. The summed E-state index contributed by atoms with van der Waals surface area (Å²) in [6.45, 7) is -0.763. The van der Waals surface area contributed by atoms with Crippen molar-refractivity contribution in [3.63, 3.8) is 0 Å². The van der Waals surface area contributed by atoms with Gasteiger partial charge in [0.05, 0.1) is 39.8 Å². The van der Waals surface area contributed by atoms with E-state index in [2.05, 4.69) is 0 Å². The van der Waals surface area contributed by atoms with Crippen molar-refractivity contribution in [1.82, 2.24) is 0 Å². The molecule has 2 N–H and O–H groups in total. The number of esters is 4. The predicted octanol–water partition coefficient (Wildman–Crippen LogP) is 1.03. The first kappa shape index (κ1) is 30.5. The van der Waals surface area contributed by atoms with Crippen molar-refractivity contribution in [1.29, 1.82) is 0 Å². The monoisotopic (exact) mass is 547 g/mol. The van der Waals surface area contributed by atoms with Crippen LogP contribution in [0.2, 0.25) is 0 Å². The minimum absolute atomic E-state index is 0.0447. The van der Waals surface area contributed by atoms with Gasteiger partial charge in [-0.25, -0.2) is 0 Å². The maximum absolute atomic E-state index is 12.0. The molecular formula is C26H33N3O10. The fourth-order valence-electron chi connectivity index (χ4n) is 3.39. The zero-order chi connectivity index (χ0) is 28.8. The molecule has 0 aromatic heterocycles. The maximum atomic E-state index is 12.0. The summed E-state index contributed by atoms with van der Waals surface area (Å²) >= 11 is 0. The Kier molecular flexibility index (Phi) is 12.2. The van der Waals surface area contributed by atoms with E-state index in [0.717, 1.165) is 0 Å². The van der Waals surface area contributed by atoms with E-state index >= 15 is 0 Å². The van der Waals surface area contributed by atoms with Gasteiger partial charge in [0.2, 0.25) is 0 Å². The van der Waals surface area contributed by atoms with Crippen LogP contribution in [0.5, 0.6) is 11.5 Å². The molecule has 0 aliphatic carbocycles. The minimum atomic E-state index is -0.565. The van der Waals surface area contributed by atoms with Gasteiger partial charge in [0.15, 0.2) is 0 Å². The average molecular weight is 548 g/mol. The van der Waals surface area contributed by atoms with E-state index in [1.165, 1.54) is 38.2 Å². The molecule has 0 bridgehead atoms. The van der Waals surface area contributed by atoms with Crippen molar-refractivity contribution < 1.29 is 47.6 Å². The number of hydrogen-bond donors (Lipinski definition) is 1. The Bertz CT molecular complexity index is 1100. The second kappa shape index (κ2) is 15.5. The summed E-state index contributed by atoms with van der Waals surface area (Å²) in [6, 6.07) is 11.6. The smallest absolute Gasteiger partial charge is 0.325 e.